The van der Waals surface area contributed by atoms with Gasteiger partial charge in [-0.25, -0.2) is 0 Å². The third-order valence-electron chi connectivity index (χ3n) is 11.9. The van der Waals surface area contributed by atoms with Crippen LogP contribution in [0.2, 0.25) is 0 Å². The Balaban J connectivity index is 2.18. The van der Waals surface area contributed by atoms with Crippen LogP contribution in [0.15, 0.2) is 60.8 Å². The minimum absolute atomic E-state index is 0.122. The molecule has 0 aromatic heterocycles. The second-order valence-electron chi connectivity index (χ2n) is 17.9. The fraction of sp³-hybridized carbons (Fsp3) is 0.800. The molecule has 6 atom stereocenters. The van der Waals surface area contributed by atoms with Gasteiger partial charge in [0.05, 0.1) is 19.8 Å². The zero-order valence-electron chi connectivity index (χ0n) is 41.0. The SMILES string of the molecule is CC/C=C\C/C=C\C/C=C\C/C=C\CCCCCOCC(COC1OC(CO)C(O)C(O)C1O)OC(=O)CCCCCCCCCCCCCCC/C=C\CCCCCCCCCC. The minimum atomic E-state index is -1.54. The van der Waals surface area contributed by atoms with Crippen LogP contribution in [-0.2, 0) is 23.7 Å². The number of aliphatic hydroxyl groups excluding tert-OH is 4. The van der Waals surface area contributed by atoms with Crippen molar-refractivity contribution in [2.24, 2.45) is 0 Å². The quantitative estimate of drug-likeness (QED) is 0.0268. The number of aliphatic hydroxyl groups is 4. The molecule has 0 radical (unpaired) electrons. The lowest BCUT2D eigenvalue weighted by atomic mass is 9.99. The average molecular weight is 903 g/mol. The molecular weight excluding hydrogens is 805 g/mol. The number of hydrogen-bond donors (Lipinski definition) is 4. The maximum Gasteiger partial charge on any atom is 0.306 e. The minimum Gasteiger partial charge on any atom is -0.457 e. The Morgan fingerprint density at radius 1 is 0.516 bits per heavy atom. The summed E-state index contributed by atoms with van der Waals surface area (Å²) in [5.74, 6) is -0.325. The Morgan fingerprint density at radius 3 is 1.45 bits per heavy atom. The van der Waals surface area contributed by atoms with Crippen LogP contribution in [0.25, 0.3) is 0 Å². The van der Waals surface area contributed by atoms with Gasteiger partial charge in [-0.15, -0.1) is 0 Å². The van der Waals surface area contributed by atoms with Crippen molar-refractivity contribution in [3.05, 3.63) is 60.8 Å². The summed E-state index contributed by atoms with van der Waals surface area (Å²) in [6.45, 7) is 4.39. The van der Waals surface area contributed by atoms with Gasteiger partial charge < -0.3 is 39.4 Å². The van der Waals surface area contributed by atoms with Crippen LogP contribution < -0.4 is 0 Å². The molecule has 0 aliphatic carbocycles. The molecule has 6 unspecified atom stereocenters. The molecular formula is C55H98O9. The van der Waals surface area contributed by atoms with Crippen LogP contribution in [-0.4, -0.2) is 89.6 Å². The van der Waals surface area contributed by atoms with E-state index in [4.69, 9.17) is 18.9 Å². The van der Waals surface area contributed by atoms with Crippen molar-refractivity contribution in [1.29, 1.82) is 0 Å². The van der Waals surface area contributed by atoms with E-state index in [0.29, 0.717) is 13.0 Å². The predicted molar refractivity (Wildman–Crippen MR) is 265 cm³/mol. The molecule has 0 bridgehead atoms. The van der Waals surface area contributed by atoms with E-state index in [1.807, 2.05) is 0 Å². The standard InChI is InChI=1S/C55H98O9/c1-3-5-7-9-11-13-15-17-19-21-22-23-24-25-26-27-28-29-30-32-34-36-38-40-42-44-51(57)63-49(48-62-55-54(60)53(59)52(58)50(46-56)64-55)47-61-45-43-41-39-37-35-33-31-20-18-16-14-12-10-8-6-4-2/h6,8,12,14,18,20-22,33,35,49-50,52-56,58-60H,3-5,7,9-11,13,15-17,19,23-32,34,36-48H2,1-2H3/b8-6-,14-12-,20-18-,22-21-,35-33-. The molecule has 0 spiro atoms. The first kappa shape index (κ1) is 59.9. The number of allylic oxidation sites excluding steroid dienone is 10. The van der Waals surface area contributed by atoms with Crippen LogP contribution in [0.1, 0.15) is 219 Å². The third-order valence-corrected chi connectivity index (χ3v) is 11.9. The summed E-state index contributed by atoms with van der Waals surface area (Å²) in [6, 6.07) is 0. The molecule has 1 saturated heterocycles. The van der Waals surface area contributed by atoms with Gasteiger partial charge in [-0.05, 0) is 77.0 Å². The number of unbranched alkanes of at least 4 members (excludes halogenated alkanes) is 24. The summed E-state index contributed by atoms with van der Waals surface area (Å²) in [5, 5.41) is 40.2. The van der Waals surface area contributed by atoms with Gasteiger partial charge in [0, 0.05) is 13.0 Å². The van der Waals surface area contributed by atoms with Gasteiger partial charge in [-0.1, -0.05) is 197 Å². The van der Waals surface area contributed by atoms with E-state index in [1.54, 1.807) is 0 Å². The lowest BCUT2D eigenvalue weighted by Gasteiger charge is -2.39. The first-order valence-electron chi connectivity index (χ1n) is 26.4. The summed E-state index contributed by atoms with van der Waals surface area (Å²) >= 11 is 0. The Bertz CT molecular complexity index is 1160. The third kappa shape index (κ3) is 36.1. The molecule has 9 nitrogen and oxygen atoms in total. The van der Waals surface area contributed by atoms with E-state index < -0.39 is 43.4 Å². The Hall–Kier alpha value is -2.11. The molecule has 372 valence electrons. The number of hydrogen-bond acceptors (Lipinski definition) is 9. The molecule has 0 aromatic rings. The highest BCUT2D eigenvalue weighted by Gasteiger charge is 2.44. The molecule has 1 heterocycles. The normalized spacial score (nSPS) is 20.0. The molecule has 1 aliphatic rings. The molecule has 64 heavy (non-hydrogen) atoms. The summed E-state index contributed by atoms with van der Waals surface area (Å²) in [4.78, 5) is 12.8. The van der Waals surface area contributed by atoms with Gasteiger partial charge in [0.1, 0.15) is 30.5 Å². The highest BCUT2D eigenvalue weighted by molar-refractivity contribution is 5.69. The van der Waals surface area contributed by atoms with Gasteiger partial charge in [0.15, 0.2) is 6.29 Å². The van der Waals surface area contributed by atoms with Crippen LogP contribution in [0.4, 0.5) is 0 Å². The smallest absolute Gasteiger partial charge is 0.306 e. The fourth-order valence-electron chi connectivity index (χ4n) is 7.83. The van der Waals surface area contributed by atoms with Crippen molar-refractivity contribution in [2.75, 3.05) is 26.4 Å². The second-order valence-corrected chi connectivity index (χ2v) is 17.9. The Morgan fingerprint density at radius 2 is 0.953 bits per heavy atom. The zero-order valence-corrected chi connectivity index (χ0v) is 41.0. The van der Waals surface area contributed by atoms with Gasteiger partial charge in [-0.2, -0.15) is 0 Å². The molecule has 9 heteroatoms. The van der Waals surface area contributed by atoms with Crippen molar-refractivity contribution < 1.29 is 44.2 Å². The Kier molecular flexibility index (Phi) is 43.1. The predicted octanol–water partition coefficient (Wildman–Crippen LogP) is 13.0. The summed E-state index contributed by atoms with van der Waals surface area (Å²) < 4.78 is 22.9. The second kappa shape index (κ2) is 46.0. The van der Waals surface area contributed by atoms with Crippen LogP contribution in [0.3, 0.4) is 0 Å². The van der Waals surface area contributed by atoms with Crippen molar-refractivity contribution in [3.8, 4) is 0 Å². The van der Waals surface area contributed by atoms with Crippen molar-refractivity contribution in [3.63, 3.8) is 0 Å². The number of esters is 1. The molecule has 0 saturated carbocycles. The largest absolute Gasteiger partial charge is 0.457 e. The van der Waals surface area contributed by atoms with E-state index >= 15 is 0 Å². The molecule has 1 fully saturated rings. The molecule has 4 N–H and O–H groups in total. The summed E-state index contributed by atoms with van der Waals surface area (Å²) in [7, 11) is 0. The number of ether oxygens (including phenoxy) is 4. The van der Waals surface area contributed by atoms with Gasteiger partial charge >= 0.3 is 5.97 Å². The lowest BCUT2D eigenvalue weighted by molar-refractivity contribution is -0.305. The summed E-state index contributed by atoms with van der Waals surface area (Å²) in [5.41, 5.74) is 0. The van der Waals surface area contributed by atoms with Crippen molar-refractivity contribution in [2.45, 2.75) is 256 Å². The molecule has 1 rings (SSSR count). The molecule has 1 aliphatic heterocycles. The molecule has 0 aromatic carbocycles. The summed E-state index contributed by atoms with van der Waals surface area (Å²) in [6.07, 6.45) is 52.7. The number of carbonyl (C=O) groups is 1. The first-order valence-corrected chi connectivity index (χ1v) is 26.4. The molecule has 0 amide bonds. The topological polar surface area (TPSA) is 135 Å². The average Bonchev–Trinajstić information content (AvgIpc) is 3.30. The van der Waals surface area contributed by atoms with Gasteiger partial charge in [0.2, 0.25) is 0 Å². The van der Waals surface area contributed by atoms with Gasteiger partial charge in [-0.3, -0.25) is 4.79 Å². The van der Waals surface area contributed by atoms with E-state index in [9.17, 15) is 25.2 Å². The van der Waals surface area contributed by atoms with Crippen LogP contribution >= 0.6 is 0 Å². The first-order chi connectivity index (χ1) is 31.4. The highest BCUT2D eigenvalue weighted by Crippen LogP contribution is 2.23. The Labute approximate surface area is 392 Å². The van der Waals surface area contributed by atoms with E-state index in [2.05, 4.69) is 74.6 Å². The number of rotatable bonds is 45. The highest BCUT2D eigenvalue weighted by atomic mass is 16.7. The maximum atomic E-state index is 12.8. The monoisotopic (exact) mass is 903 g/mol. The van der Waals surface area contributed by atoms with E-state index in [-0.39, 0.29) is 19.2 Å². The van der Waals surface area contributed by atoms with Crippen LogP contribution in [0.5, 0.6) is 0 Å². The lowest BCUT2D eigenvalue weighted by Crippen LogP contribution is -2.59. The van der Waals surface area contributed by atoms with Crippen LogP contribution in [0, 0.1) is 0 Å². The van der Waals surface area contributed by atoms with E-state index in [0.717, 1.165) is 70.6 Å². The van der Waals surface area contributed by atoms with Gasteiger partial charge in [0.25, 0.3) is 0 Å². The van der Waals surface area contributed by atoms with Crippen molar-refractivity contribution >= 4 is 5.97 Å². The van der Waals surface area contributed by atoms with E-state index in [1.165, 1.54) is 128 Å². The number of carbonyl (C=O) groups excluding carboxylic acids is 1. The fourth-order valence-corrected chi connectivity index (χ4v) is 7.83. The zero-order chi connectivity index (χ0) is 46.4. The van der Waals surface area contributed by atoms with Crippen molar-refractivity contribution in [1.82, 2.24) is 0 Å². The maximum absolute atomic E-state index is 12.8.